The molecule has 0 unspecified atom stereocenters. The summed E-state index contributed by atoms with van der Waals surface area (Å²) >= 11 is 0. The normalized spacial score (nSPS) is 12.1. The zero-order valence-electron chi connectivity index (χ0n) is 33.6. The van der Waals surface area contributed by atoms with Crippen molar-refractivity contribution >= 4 is 57.1 Å². The van der Waals surface area contributed by atoms with Gasteiger partial charge in [-0.15, -0.1) is 0 Å². The zero-order valence-corrected chi connectivity index (χ0v) is 37.6. The molecule has 0 saturated carbocycles. The highest BCUT2D eigenvalue weighted by atomic mass is 28.4. The summed E-state index contributed by atoms with van der Waals surface area (Å²) in [7, 11) is -6.44. The zero-order chi connectivity index (χ0) is 39.6. The Kier molecular flexibility index (Phi) is 28.1. The van der Waals surface area contributed by atoms with Gasteiger partial charge in [0.25, 0.3) is 0 Å². The Bertz CT molecular complexity index is 1020. The highest BCUT2D eigenvalue weighted by Gasteiger charge is 2.33. The largest absolute Gasteiger partial charge is 0.481 e. The van der Waals surface area contributed by atoms with Gasteiger partial charge >= 0.3 is 23.9 Å². The fourth-order valence-corrected chi connectivity index (χ4v) is 23.3. The molecule has 2 N–H and O–H groups in total. The van der Waals surface area contributed by atoms with Crippen molar-refractivity contribution in [1.29, 1.82) is 0 Å². The van der Waals surface area contributed by atoms with Crippen molar-refractivity contribution < 1.29 is 56.6 Å². The number of carbonyl (C=O) groups is 4. The maximum Gasteiger partial charge on any atom is 0.331 e. The maximum absolute atomic E-state index is 11.4. The number of rotatable bonds is 30. The van der Waals surface area contributed by atoms with Gasteiger partial charge in [0, 0.05) is 18.8 Å². The summed E-state index contributed by atoms with van der Waals surface area (Å²) < 4.78 is 33.9. The van der Waals surface area contributed by atoms with E-state index in [0.29, 0.717) is 26.4 Å². The lowest BCUT2D eigenvalue weighted by molar-refractivity contribution is -0.148. The molecule has 0 aliphatic rings. The van der Waals surface area contributed by atoms with E-state index in [-0.39, 0.29) is 38.0 Å². The molecule has 0 bridgehead atoms. The van der Waals surface area contributed by atoms with Gasteiger partial charge in [0.05, 0.1) is 32.5 Å². The number of hydrogen-bond donors (Lipinski definition) is 2. The molecule has 0 rings (SSSR count). The van der Waals surface area contributed by atoms with Gasteiger partial charge in [-0.3, -0.25) is 14.4 Å². The van der Waals surface area contributed by atoms with Gasteiger partial charge in [-0.1, -0.05) is 46.1 Å². The van der Waals surface area contributed by atoms with Crippen molar-refractivity contribution in [2.24, 2.45) is 0 Å². The van der Waals surface area contributed by atoms with Crippen molar-refractivity contribution in [2.45, 2.75) is 148 Å². The molecule has 12 nitrogen and oxygen atoms in total. The molecule has 0 amide bonds. The van der Waals surface area contributed by atoms with E-state index in [0.717, 1.165) is 24.9 Å². The molecule has 0 atom stereocenters. The molecule has 300 valence electrons. The first kappa shape index (κ1) is 51.4. The average Bonchev–Trinajstić information content (AvgIpc) is 3.00. The van der Waals surface area contributed by atoms with Crippen molar-refractivity contribution in [3.05, 3.63) is 12.2 Å². The summed E-state index contributed by atoms with van der Waals surface area (Å²) in [6, 6.07) is 4.56. The van der Waals surface area contributed by atoms with Crippen molar-refractivity contribution in [3.8, 4) is 0 Å². The van der Waals surface area contributed by atoms with Crippen molar-refractivity contribution in [1.82, 2.24) is 0 Å². The number of ether oxygens (including phenoxy) is 4. The van der Waals surface area contributed by atoms with Crippen LogP contribution in [0.2, 0.25) is 76.6 Å². The molecule has 0 spiro atoms. The minimum atomic E-state index is -1.67. The third-order valence-electron chi connectivity index (χ3n) is 7.69. The van der Waals surface area contributed by atoms with Gasteiger partial charge in [-0.2, -0.15) is 0 Å². The number of aliphatic carboxylic acids is 2. The maximum atomic E-state index is 11.4. The van der Waals surface area contributed by atoms with E-state index in [2.05, 4.69) is 72.8 Å². The van der Waals surface area contributed by atoms with Crippen LogP contribution in [-0.4, -0.2) is 107 Å². The second-order valence-corrected chi connectivity index (χ2v) is 33.0. The van der Waals surface area contributed by atoms with Gasteiger partial charge < -0.3 is 37.4 Å². The topological polar surface area (TPSA) is 164 Å². The van der Waals surface area contributed by atoms with Gasteiger partial charge in [-0.05, 0) is 89.4 Å². The second kappa shape index (κ2) is 27.9. The van der Waals surface area contributed by atoms with Gasteiger partial charge in [0.2, 0.25) is 0 Å². The third-order valence-corrected chi connectivity index (χ3v) is 22.8. The monoisotopic (exact) mass is 796 g/mol. The summed E-state index contributed by atoms with van der Waals surface area (Å²) in [6.07, 6.45) is 6.21. The minimum Gasteiger partial charge on any atom is -0.481 e. The Balaban J connectivity index is 0. The quantitative estimate of drug-likeness (QED) is 0.0310. The lowest BCUT2D eigenvalue weighted by atomic mass is 10.2. The van der Waals surface area contributed by atoms with Gasteiger partial charge in [0.1, 0.15) is 13.2 Å². The highest BCUT2D eigenvalue weighted by Crippen LogP contribution is 2.25. The Morgan fingerprint density at radius 3 is 1.25 bits per heavy atom. The van der Waals surface area contributed by atoms with Crippen LogP contribution in [0.3, 0.4) is 0 Å². The van der Waals surface area contributed by atoms with Crippen LogP contribution < -0.4 is 0 Å². The molecule has 0 fully saturated rings. The molecule has 0 aromatic rings. The number of carbonyl (C=O) groups excluding carboxylic acids is 2. The number of esters is 2. The Morgan fingerprint density at radius 1 is 0.529 bits per heavy atom. The van der Waals surface area contributed by atoms with Crippen LogP contribution in [0.15, 0.2) is 12.2 Å². The van der Waals surface area contributed by atoms with E-state index >= 15 is 0 Å². The summed E-state index contributed by atoms with van der Waals surface area (Å²) in [5, 5.41) is 17.1. The van der Waals surface area contributed by atoms with Crippen LogP contribution in [0.4, 0.5) is 0 Å². The van der Waals surface area contributed by atoms with Crippen LogP contribution in [0.1, 0.15) is 71.6 Å². The molecule has 0 aromatic carbocycles. The number of hydrogen-bond acceptors (Lipinski definition) is 10. The average molecular weight is 797 g/mol. The third kappa shape index (κ3) is 33.9. The lowest BCUT2D eigenvalue weighted by Crippen LogP contribution is -2.44. The molecular weight excluding hydrogens is 725 g/mol. The molecule has 0 saturated heterocycles. The van der Waals surface area contributed by atoms with E-state index in [1.165, 1.54) is 37.8 Å². The van der Waals surface area contributed by atoms with E-state index < -0.39 is 57.1 Å². The first-order valence-electron chi connectivity index (χ1n) is 18.6. The predicted molar refractivity (Wildman–Crippen MR) is 212 cm³/mol. The predicted octanol–water partition coefficient (Wildman–Crippen LogP) is 8.22. The minimum absolute atomic E-state index is 0.0931. The lowest BCUT2D eigenvalue weighted by Gasteiger charge is -2.34. The molecule has 0 aliphatic carbocycles. The van der Waals surface area contributed by atoms with E-state index in [1.807, 2.05) is 0 Å². The fourth-order valence-electron chi connectivity index (χ4n) is 5.32. The molecular formula is C35H72O12Si4. The van der Waals surface area contributed by atoms with E-state index in [4.69, 9.17) is 37.4 Å². The van der Waals surface area contributed by atoms with E-state index in [1.54, 1.807) is 0 Å². The summed E-state index contributed by atoms with van der Waals surface area (Å²) in [4.78, 5) is 43.5. The summed E-state index contributed by atoms with van der Waals surface area (Å²) in [5.74, 6) is -3.27. The molecule has 0 aromatic heterocycles. The number of unbranched alkanes of at least 4 members (excludes halogenated alkanes) is 2. The standard InChI is InChI=1S/C18H36O6Si2.C17H36O6Si2/c1-7-8-13-25(3,4)24-26(5,6)14-9-10-22-11-12-23-17(19)15-16(2)18(20)21;1-6-7-14-24(2,3)23-25(4,5)15-8-11-21-12-13-22-17(20)10-9-16(18)19/h2,7-15H2,1,3-6H3,(H,20,21);6-15H2,1-5H3,(H,18,19). The van der Waals surface area contributed by atoms with Crippen molar-refractivity contribution in [3.63, 3.8) is 0 Å². The van der Waals surface area contributed by atoms with Crippen LogP contribution in [-0.2, 0) is 46.4 Å². The smallest absolute Gasteiger partial charge is 0.331 e. The Hall–Kier alpha value is -1.67. The van der Waals surface area contributed by atoms with Crippen LogP contribution >= 0.6 is 0 Å². The van der Waals surface area contributed by atoms with Gasteiger partial charge in [0.15, 0.2) is 33.3 Å². The van der Waals surface area contributed by atoms with Crippen LogP contribution in [0.5, 0.6) is 0 Å². The number of carboxylic acids is 2. The molecule has 0 heterocycles. The fraction of sp³-hybridized carbons (Fsp3) is 0.829. The highest BCUT2D eigenvalue weighted by molar-refractivity contribution is 6.85. The van der Waals surface area contributed by atoms with Crippen LogP contribution in [0, 0.1) is 0 Å². The Labute approximate surface area is 312 Å². The summed E-state index contributed by atoms with van der Waals surface area (Å²) in [6.45, 7) is 28.2. The second-order valence-electron chi connectivity index (χ2n) is 15.3. The molecule has 51 heavy (non-hydrogen) atoms. The van der Waals surface area contributed by atoms with Crippen molar-refractivity contribution in [2.75, 3.05) is 39.6 Å². The molecule has 0 radical (unpaired) electrons. The van der Waals surface area contributed by atoms with Gasteiger partial charge in [-0.25, -0.2) is 4.79 Å². The first-order chi connectivity index (χ1) is 23.6. The van der Waals surface area contributed by atoms with Crippen LogP contribution in [0.25, 0.3) is 0 Å². The first-order valence-corrected chi connectivity index (χ1v) is 31.0. The Morgan fingerprint density at radius 2 is 0.902 bits per heavy atom. The van der Waals surface area contributed by atoms with E-state index in [9.17, 15) is 19.2 Å². The SMILES string of the molecule is C=C(CC(=O)OCCOCCC[Si](C)(C)O[Si](C)(C)CCCC)C(=O)O.CCCC[Si](C)(C)O[Si](C)(C)CCCOCCOC(=O)CCC(=O)O. The molecule has 16 heteroatoms. The molecule has 0 aliphatic heterocycles. The summed E-state index contributed by atoms with van der Waals surface area (Å²) in [5.41, 5.74) is -0.173. The number of carboxylic acid groups (broad SMARTS) is 2.